The molecule has 1 fully saturated rings. The first-order valence-corrected chi connectivity index (χ1v) is 9.56. The summed E-state index contributed by atoms with van der Waals surface area (Å²) in [6.07, 6.45) is 1.47. The fourth-order valence-electron chi connectivity index (χ4n) is 3.29. The van der Waals surface area contributed by atoms with E-state index in [0.717, 1.165) is 12.8 Å². The third-order valence-corrected chi connectivity index (χ3v) is 5.13. The monoisotopic (exact) mass is 401 g/mol. The van der Waals surface area contributed by atoms with Crippen molar-refractivity contribution in [3.05, 3.63) is 69.5 Å². The van der Waals surface area contributed by atoms with Gasteiger partial charge in [0.25, 0.3) is 5.69 Å². The van der Waals surface area contributed by atoms with Crippen molar-refractivity contribution in [3.8, 4) is 0 Å². The molecule has 7 nitrogen and oxygen atoms in total. The topological polar surface area (TPSA) is 95.7 Å². The van der Waals surface area contributed by atoms with Gasteiger partial charge in [-0.25, -0.2) is 4.39 Å². The first-order chi connectivity index (χ1) is 13.8. The molecule has 2 N–H and O–H groups in total. The molecule has 154 valence electrons. The van der Waals surface area contributed by atoms with Crippen LogP contribution in [0.1, 0.15) is 36.5 Å². The van der Waals surface area contributed by atoms with E-state index >= 15 is 0 Å². The van der Waals surface area contributed by atoms with Crippen LogP contribution in [-0.2, 0) is 4.79 Å². The molecule has 0 heterocycles. The van der Waals surface area contributed by atoms with Crippen LogP contribution >= 0.6 is 0 Å². The molecule has 1 unspecified atom stereocenters. The Balaban J connectivity index is 1.57. The highest BCUT2D eigenvalue weighted by Crippen LogP contribution is 2.29. The van der Waals surface area contributed by atoms with E-state index in [1.54, 1.807) is 25.1 Å². The minimum Gasteiger partial charge on any atom is -0.387 e. The predicted molar refractivity (Wildman–Crippen MR) is 107 cm³/mol. The SMILES string of the molecule is Cc1c(NC(=O)CCN(CC(O)c2ccc(F)cc2)C2CC2)cccc1[N+](=O)[O-]. The summed E-state index contributed by atoms with van der Waals surface area (Å²) in [4.78, 5) is 25.0. The number of carbonyl (C=O) groups excluding carboxylic acids is 1. The standard InChI is InChI=1S/C21H24FN3O4/c1-14-18(3-2-4-19(14)25(28)29)23-21(27)11-12-24(17-9-10-17)13-20(26)15-5-7-16(22)8-6-15/h2-8,17,20,26H,9-13H2,1H3,(H,23,27). The van der Waals surface area contributed by atoms with Crippen molar-refractivity contribution < 1.29 is 19.2 Å². The lowest BCUT2D eigenvalue weighted by molar-refractivity contribution is -0.385. The summed E-state index contributed by atoms with van der Waals surface area (Å²) in [5.41, 5.74) is 1.43. The summed E-state index contributed by atoms with van der Waals surface area (Å²) in [6.45, 7) is 2.42. The Morgan fingerprint density at radius 3 is 2.62 bits per heavy atom. The number of nitrogens with one attached hydrogen (secondary N) is 1. The molecule has 29 heavy (non-hydrogen) atoms. The maximum absolute atomic E-state index is 13.1. The van der Waals surface area contributed by atoms with Gasteiger partial charge in [-0.15, -0.1) is 0 Å². The number of amides is 1. The Morgan fingerprint density at radius 2 is 2.00 bits per heavy atom. The van der Waals surface area contributed by atoms with Crippen LogP contribution in [0.25, 0.3) is 0 Å². The van der Waals surface area contributed by atoms with Crippen molar-refractivity contribution >= 4 is 17.3 Å². The molecule has 0 spiro atoms. The first kappa shape index (κ1) is 20.9. The summed E-state index contributed by atoms with van der Waals surface area (Å²) in [5.74, 6) is -0.594. The maximum atomic E-state index is 13.1. The van der Waals surface area contributed by atoms with Crippen LogP contribution < -0.4 is 5.32 Å². The molecule has 8 heteroatoms. The van der Waals surface area contributed by atoms with Crippen LogP contribution in [0.3, 0.4) is 0 Å². The van der Waals surface area contributed by atoms with Gasteiger partial charge in [0.15, 0.2) is 0 Å². The predicted octanol–water partition coefficient (Wildman–Crippen LogP) is 3.57. The van der Waals surface area contributed by atoms with Gasteiger partial charge >= 0.3 is 0 Å². The number of nitrogens with zero attached hydrogens (tertiary/aromatic N) is 2. The smallest absolute Gasteiger partial charge is 0.274 e. The van der Waals surface area contributed by atoms with Gasteiger partial charge in [-0.05, 0) is 43.5 Å². The fourth-order valence-corrected chi connectivity index (χ4v) is 3.29. The second-order valence-electron chi connectivity index (χ2n) is 7.30. The zero-order chi connectivity index (χ0) is 21.0. The van der Waals surface area contributed by atoms with Gasteiger partial charge in [-0.1, -0.05) is 18.2 Å². The van der Waals surface area contributed by atoms with Crippen LogP contribution in [0, 0.1) is 22.9 Å². The van der Waals surface area contributed by atoms with E-state index in [4.69, 9.17) is 0 Å². The van der Waals surface area contributed by atoms with Gasteiger partial charge < -0.3 is 10.4 Å². The average molecular weight is 401 g/mol. The number of anilines is 1. The molecule has 0 aromatic heterocycles. The van der Waals surface area contributed by atoms with Crippen LogP contribution in [0.5, 0.6) is 0 Å². The number of rotatable bonds is 9. The van der Waals surface area contributed by atoms with Gasteiger partial charge in [0.05, 0.1) is 22.3 Å². The number of carbonyl (C=O) groups is 1. The van der Waals surface area contributed by atoms with Crippen molar-refractivity contribution in [1.29, 1.82) is 0 Å². The molecule has 1 aliphatic rings. The minimum atomic E-state index is -0.765. The molecule has 1 atom stereocenters. The van der Waals surface area contributed by atoms with Gasteiger partial charge in [0.1, 0.15) is 5.82 Å². The first-order valence-electron chi connectivity index (χ1n) is 9.56. The maximum Gasteiger partial charge on any atom is 0.274 e. The summed E-state index contributed by atoms with van der Waals surface area (Å²) >= 11 is 0. The van der Waals surface area contributed by atoms with E-state index in [2.05, 4.69) is 10.2 Å². The second-order valence-corrected chi connectivity index (χ2v) is 7.30. The lowest BCUT2D eigenvalue weighted by Gasteiger charge is -2.25. The highest BCUT2D eigenvalue weighted by molar-refractivity contribution is 5.92. The highest BCUT2D eigenvalue weighted by Gasteiger charge is 2.30. The largest absolute Gasteiger partial charge is 0.387 e. The minimum absolute atomic E-state index is 0.0372. The zero-order valence-electron chi connectivity index (χ0n) is 16.2. The molecule has 0 aliphatic heterocycles. The third kappa shape index (κ3) is 5.58. The Morgan fingerprint density at radius 1 is 1.31 bits per heavy atom. The molecule has 1 amide bonds. The second kappa shape index (κ2) is 9.11. The van der Waals surface area contributed by atoms with Crippen molar-refractivity contribution in [2.45, 2.75) is 38.3 Å². The van der Waals surface area contributed by atoms with Gasteiger partial charge in [0, 0.05) is 31.6 Å². The van der Waals surface area contributed by atoms with Crippen molar-refractivity contribution in [3.63, 3.8) is 0 Å². The molecule has 2 aromatic carbocycles. The Hall–Kier alpha value is -2.84. The van der Waals surface area contributed by atoms with Crippen molar-refractivity contribution in [1.82, 2.24) is 4.90 Å². The highest BCUT2D eigenvalue weighted by atomic mass is 19.1. The van der Waals surface area contributed by atoms with Crippen LogP contribution in [0.15, 0.2) is 42.5 Å². The van der Waals surface area contributed by atoms with Crippen LogP contribution in [-0.4, -0.2) is 40.0 Å². The van der Waals surface area contributed by atoms with Crippen molar-refractivity contribution in [2.75, 3.05) is 18.4 Å². The van der Waals surface area contributed by atoms with Gasteiger partial charge in [-0.2, -0.15) is 0 Å². The quantitative estimate of drug-likeness (QED) is 0.495. The number of hydrogen-bond donors (Lipinski definition) is 2. The molecular formula is C21H24FN3O4. The molecule has 3 rings (SSSR count). The lowest BCUT2D eigenvalue weighted by atomic mass is 10.1. The average Bonchev–Trinajstić information content (AvgIpc) is 3.52. The molecular weight excluding hydrogens is 377 g/mol. The van der Waals surface area contributed by atoms with Crippen LogP contribution in [0.4, 0.5) is 15.8 Å². The normalized spacial score (nSPS) is 14.6. The third-order valence-electron chi connectivity index (χ3n) is 5.13. The molecule has 1 saturated carbocycles. The van der Waals surface area contributed by atoms with Crippen LogP contribution in [0.2, 0.25) is 0 Å². The van der Waals surface area contributed by atoms with E-state index in [1.165, 1.54) is 24.3 Å². The molecule has 1 aliphatic carbocycles. The summed E-state index contributed by atoms with van der Waals surface area (Å²) in [5, 5.41) is 24.2. The fraction of sp³-hybridized carbons (Fsp3) is 0.381. The Bertz CT molecular complexity index is 884. The Kier molecular flexibility index (Phi) is 6.56. The number of nitro benzene ring substituents is 1. The Labute approximate surface area is 168 Å². The van der Waals surface area contributed by atoms with Gasteiger partial charge in [0.2, 0.25) is 5.91 Å². The van der Waals surface area contributed by atoms with Crippen molar-refractivity contribution in [2.24, 2.45) is 0 Å². The number of nitro groups is 1. The molecule has 0 bridgehead atoms. The molecule has 0 saturated heterocycles. The zero-order valence-corrected chi connectivity index (χ0v) is 16.2. The number of hydrogen-bond acceptors (Lipinski definition) is 5. The summed E-state index contributed by atoms with van der Waals surface area (Å²) in [6, 6.07) is 10.6. The van der Waals surface area contributed by atoms with Gasteiger partial charge in [-0.3, -0.25) is 19.8 Å². The summed E-state index contributed by atoms with van der Waals surface area (Å²) < 4.78 is 13.1. The number of aliphatic hydroxyl groups is 1. The number of aliphatic hydroxyl groups excluding tert-OH is 1. The van der Waals surface area contributed by atoms with E-state index in [9.17, 15) is 24.4 Å². The number of halogens is 1. The molecule has 0 radical (unpaired) electrons. The van der Waals surface area contributed by atoms with E-state index in [0.29, 0.717) is 35.9 Å². The van der Waals surface area contributed by atoms with E-state index in [1.807, 2.05) is 0 Å². The van der Waals surface area contributed by atoms with E-state index < -0.39 is 11.0 Å². The lowest BCUT2D eigenvalue weighted by Crippen LogP contribution is -2.33. The van der Waals surface area contributed by atoms with E-state index in [-0.39, 0.29) is 23.8 Å². The number of benzene rings is 2. The molecule has 2 aromatic rings. The summed E-state index contributed by atoms with van der Waals surface area (Å²) in [7, 11) is 0.